The lowest BCUT2D eigenvalue weighted by molar-refractivity contribution is -0.137. The van der Waals surface area contributed by atoms with Crippen LogP contribution in [0.5, 0.6) is 5.75 Å². The summed E-state index contributed by atoms with van der Waals surface area (Å²) in [6, 6.07) is 10.8. The third-order valence-corrected chi connectivity index (χ3v) is 4.95. The standard InChI is InChI=1S/C15H22O3Si/c1-4-9-15(16)17-12-8-13-19(2,3)18-14-10-6-5-7-11-14/h4-7,9-11H,8,12-13H2,1-3H3. The SMILES string of the molecule is CC=CC(=O)OCCC[Si](C)(C)Oc1ccccc1. The number of hydrogen-bond acceptors (Lipinski definition) is 3. The van der Waals surface area contributed by atoms with Crippen LogP contribution in [0.1, 0.15) is 13.3 Å². The number of ether oxygens (including phenoxy) is 1. The second kappa shape index (κ2) is 7.79. The molecular formula is C15H22O3Si. The molecule has 19 heavy (non-hydrogen) atoms. The fourth-order valence-corrected chi connectivity index (χ4v) is 3.59. The summed E-state index contributed by atoms with van der Waals surface area (Å²) in [7, 11) is -1.74. The zero-order valence-electron chi connectivity index (χ0n) is 11.9. The van der Waals surface area contributed by atoms with E-state index >= 15 is 0 Å². The van der Waals surface area contributed by atoms with Crippen LogP contribution in [0.4, 0.5) is 0 Å². The van der Waals surface area contributed by atoms with Crippen molar-refractivity contribution in [1.82, 2.24) is 0 Å². The lowest BCUT2D eigenvalue weighted by Gasteiger charge is -2.24. The molecule has 0 N–H and O–H groups in total. The van der Waals surface area contributed by atoms with Gasteiger partial charge in [0.05, 0.1) is 6.61 Å². The maximum atomic E-state index is 11.1. The Morgan fingerprint density at radius 1 is 1.26 bits per heavy atom. The number of allylic oxidation sites excluding steroid dienone is 1. The number of benzene rings is 1. The molecular weight excluding hydrogens is 256 g/mol. The summed E-state index contributed by atoms with van der Waals surface area (Å²) in [5.74, 6) is 0.649. The maximum Gasteiger partial charge on any atom is 0.330 e. The van der Waals surface area contributed by atoms with Crippen molar-refractivity contribution in [2.24, 2.45) is 0 Å². The van der Waals surface area contributed by atoms with E-state index in [1.54, 1.807) is 13.0 Å². The molecule has 0 saturated carbocycles. The topological polar surface area (TPSA) is 35.5 Å². The minimum Gasteiger partial charge on any atom is -0.544 e. The maximum absolute atomic E-state index is 11.1. The Bertz CT molecular complexity index is 413. The van der Waals surface area contributed by atoms with Gasteiger partial charge in [-0.25, -0.2) is 4.79 Å². The van der Waals surface area contributed by atoms with Crippen LogP contribution in [0, 0.1) is 0 Å². The molecule has 0 spiro atoms. The normalized spacial score (nSPS) is 11.5. The highest BCUT2D eigenvalue weighted by atomic mass is 28.4. The van der Waals surface area contributed by atoms with E-state index in [1.807, 2.05) is 30.3 Å². The number of esters is 1. The first kappa shape index (κ1) is 15.5. The van der Waals surface area contributed by atoms with Gasteiger partial charge in [0.1, 0.15) is 5.75 Å². The third kappa shape index (κ3) is 6.81. The van der Waals surface area contributed by atoms with Crippen LogP contribution in [0.3, 0.4) is 0 Å². The average molecular weight is 278 g/mol. The van der Waals surface area contributed by atoms with Crippen LogP contribution >= 0.6 is 0 Å². The van der Waals surface area contributed by atoms with Gasteiger partial charge in [0.25, 0.3) is 0 Å². The quantitative estimate of drug-likeness (QED) is 0.329. The highest BCUT2D eigenvalue weighted by Gasteiger charge is 2.23. The average Bonchev–Trinajstić information content (AvgIpc) is 2.36. The van der Waals surface area contributed by atoms with E-state index in [0.29, 0.717) is 6.61 Å². The van der Waals surface area contributed by atoms with Crippen LogP contribution in [-0.2, 0) is 9.53 Å². The number of carbonyl (C=O) groups excluding carboxylic acids is 1. The monoisotopic (exact) mass is 278 g/mol. The predicted molar refractivity (Wildman–Crippen MR) is 79.7 cm³/mol. The summed E-state index contributed by atoms with van der Waals surface area (Å²) in [4.78, 5) is 11.1. The molecule has 4 heteroatoms. The molecule has 104 valence electrons. The molecule has 0 aliphatic carbocycles. The van der Waals surface area contributed by atoms with Crippen LogP contribution in [-0.4, -0.2) is 20.9 Å². The van der Waals surface area contributed by atoms with Crippen LogP contribution in [0.2, 0.25) is 19.1 Å². The molecule has 0 aromatic heterocycles. The number of rotatable bonds is 7. The van der Waals surface area contributed by atoms with Crippen molar-refractivity contribution < 1.29 is 14.0 Å². The Morgan fingerprint density at radius 3 is 2.58 bits per heavy atom. The molecule has 0 fully saturated rings. The van der Waals surface area contributed by atoms with E-state index in [4.69, 9.17) is 9.16 Å². The first-order chi connectivity index (χ1) is 9.03. The molecule has 1 rings (SSSR count). The zero-order valence-corrected chi connectivity index (χ0v) is 12.9. The molecule has 0 heterocycles. The summed E-state index contributed by atoms with van der Waals surface area (Å²) in [6.07, 6.45) is 3.96. The summed E-state index contributed by atoms with van der Waals surface area (Å²) < 4.78 is 11.1. The molecule has 0 atom stereocenters. The first-order valence-electron chi connectivity index (χ1n) is 6.57. The molecule has 0 aliphatic rings. The van der Waals surface area contributed by atoms with E-state index in [1.165, 1.54) is 6.08 Å². The second-order valence-electron chi connectivity index (χ2n) is 4.95. The van der Waals surface area contributed by atoms with Gasteiger partial charge in [-0.2, -0.15) is 0 Å². The lowest BCUT2D eigenvalue weighted by Crippen LogP contribution is -2.34. The Kier molecular flexibility index (Phi) is 6.36. The van der Waals surface area contributed by atoms with Crippen LogP contribution in [0.25, 0.3) is 0 Å². The summed E-state index contributed by atoms with van der Waals surface area (Å²) in [5, 5.41) is 0. The van der Waals surface area contributed by atoms with E-state index < -0.39 is 8.32 Å². The Morgan fingerprint density at radius 2 is 1.95 bits per heavy atom. The van der Waals surface area contributed by atoms with Crippen LogP contribution < -0.4 is 4.43 Å². The van der Waals surface area contributed by atoms with Gasteiger partial charge < -0.3 is 9.16 Å². The highest BCUT2D eigenvalue weighted by Crippen LogP contribution is 2.19. The van der Waals surface area contributed by atoms with Gasteiger partial charge in [-0.15, -0.1) is 0 Å². The smallest absolute Gasteiger partial charge is 0.330 e. The van der Waals surface area contributed by atoms with Crippen molar-refractivity contribution in [3.63, 3.8) is 0 Å². The van der Waals surface area contributed by atoms with Crippen molar-refractivity contribution in [2.45, 2.75) is 32.5 Å². The fourth-order valence-electron chi connectivity index (χ4n) is 1.71. The zero-order chi connectivity index (χ0) is 14.1. The molecule has 0 amide bonds. The van der Waals surface area contributed by atoms with Crippen molar-refractivity contribution in [3.05, 3.63) is 42.5 Å². The molecule has 0 aliphatic heterocycles. The summed E-state index contributed by atoms with van der Waals surface area (Å²) in [5.41, 5.74) is 0. The molecule has 1 aromatic carbocycles. The third-order valence-electron chi connectivity index (χ3n) is 2.61. The second-order valence-corrected chi connectivity index (χ2v) is 9.17. The van der Waals surface area contributed by atoms with Crippen molar-refractivity contribution >= 4 is 14.3 Å². The summed E-state index contributed by atoms with van der Waals surface area (Å²) >= 11 is 0. The molecule has 3 nitrogen and oxygen atoms in total. The minimum atomic E-state index is -1.74. The first-order valence-corrected chi connectivity index (χ1v) is 9.68. The summed E-state index contributed by atoms with van der Waals surface area (Å²) in [6.45, 7) is 6.60. The fraction of sp³-hybridized carbons (Fsp3) is 0.400. The van der Waals surface area contributed by atoms with E-state index in [9.17, 15) is 4.79 Å². The largest absolute Gasteiger partial charge is 0.544 e. The minimum absolute atomic E-state index is 0.272. The number of para-hydroxylation sites is 1. The molecule has 0 radical (unpaired) electrons. The van der Waals surface area contributed by atoms with E-state index in [0.717, 1.165) is 18.2 Å². The van der Waals surface area contributed by atoms with Gasteiger partial charge in [0, 0.05) is 6.08 Å². The molecule has 0 unspecified atom stereocenters. The van der Waals surface area contributed by atoms with Gasteiger partial charge in [0.15, 0.2) is 0 Å². The van der Waals surface area contributed by atoms with Crippen molar-refractivity contribution in [1.29, 1.82) is 0 Å². The highest BCUT2D eigenvalue weighted by molar-refractivity contribution is 6.71. The van der Waals surface area contributed by atoms with E-state index in [-0.39, 0.29) is 5.97 Å². The Balaban J connectivity index is 2.29. The lowest BCUT2D eigenvalue weighted by atomic mass is 10.3. The Hall–Kier alpha value is -1.55. The van der Waals surface area contributed by atoms with Crippen LogP contribution in [0.15, 0.2) is 42.5 Å². The number of carbonyl (C=O) groups is 1. The van der Waals surface area contributed by atoms with Gasteiger partial charge in [-0.05, 0) is 44.6 Å². The van der Waals surface area contributed by atoms with Gasteiger partial charge in [-0.3, -0.25) is 0 Å². The van der Waals surface area contributed by atoms with Crippen molar-refractivity contribution in [3.8, 4) is 5.75 Å². The molecule has 1 aromatic rings. The van der Waals surface area contributed by atoms with Gasteiger partial charge >= 0.3 is 5.97 Å². The van der Waals surface area contributed by atoms with Gasteiger partial charge in [-0.1, -0.05) is 24.3 Å². The molecule has 0 saturated heterocycles. The predicted octanol–water partition coefficient (Wildman–Crippen LogP) is 3.78. The molecule has 0 bridgehead atoms. The number of hydrogen-bond donors (Lipinski definition) is 0. The Labute approximate surface area is 116 Å². The van der Waals surface area contributed by atoms with Gasteiger partial charge in [0.2, 0.25) is 8.32 Å². The van der Waals surface area contributed by atoms with E-state index in [2.05, 4.69) is 13.1 Å². The van der Waals surface area contributed by atoms with Crippen molar-refractivity contribution in [2.75, 3.05) is 6.61 Å².